The molecule has 0 saturated heterocycles. The van der Waals surface area contributed by atoms with Crippen molar-refractivity contribution in [2.45, 2.75) is 6.92 Å². The molecule has 0 aliphatic rings. The maximum Gasteiger partial charge on any atom is 0.155 e. The van der Waals surface area contributed by atoms with Crippen molar-refractivity contribution in [2.24, 2.45) is 10.7 Å². The van der Waals surface area contributed by atoms with E-state index < -0.39 is 0 Å². The third-order valence-corrected chi connectivity index (χ3v) is 3.31. The third kappa shape index (κ3) is 2.73. The minimum absolute atomic E-state index is 0.210. The zero-order valence-corrected chi connectivity index (χ0v) is 12.2. The van der Waals surface area contributed by atoms with Crippen LogP contribution in [0.25, 0.3) is 16.9 Å². The number of aryl methyl sites for hydroxylation is 1. The molecular formula is C15H14ClN5. The summed E-state index contributed by atoms with van der Waals surface area (Å²) in [6, 6.07) is 11.6. The Bertz CT molecular complexity index is 822. The molecule has 2 aromatic heterocycles. The van der Waals surface area contributed by atoms with Crippen LogP contribution >= 0.6 is 11.6 Å². The second kappa shape index (κ2) is 5.54. The van der Waals surface area contributed by atoms with E-state index in [0.29, 0.717) is 5.84 Å². The number of aliphatic imine (C=N–C) groups is 1. The average Bonchev–Trinajstić information content (AvgIpc) is 2.87. The first kappa shape index (κ1) is 13.6. The molecule has 0 radical (unpaired) electrons. The van der Waals surface area contributed by atoms with Crippen LogP contribution in [0.3, 0.4) is 0 Å². The van der Waals surface area contributed by atoms with E-state index in [0.717, 1.165) is 28.3 Å². The van der Waals surface area contributed by atoms with Gasteiger partial charge in [0.25, 0.3) is 0 Å². The number of alkyl halides is 1. The highest BCUT2D eigenvalue weighted by molar-refractivity contribution is 6.28. The summed E-state index contributed by atoms with van der Waals surface area (Å²) in [7, 11) is 0. The lowest BCUT2D eigenvalue weighted by atomic mass is 10.1. The lowest BCUT2D eigenvalue weighted by molar-refractivity contribution is 0.925. The Hall–Kier alpha value is -2.40. The number of benzene rings is 1. The second-order valence-corrected chi connectivity index (χ2v) is 4.94. The van der Waals surface area contributed by atoms with Crippen LogP contribution in [0.15, 0.2) is 47.6 Å². The Morgan fingerprint density at radius 3 is 3.00 bits per heavy atom. The van der Waals surface area contributed by atoms with Gasteiger partial charge in [0.05, 0.1) is 23.0 Å². The Morgan fingerprint density at radius 2 is 2.19 bits per heavy atom. The lowest BCUT2D eigenvalue weighted by Crippen LogP contribution is -2.12. The zero-order chi connectivity index (χ0) is 14.8. The van der Waals surface area contributed by atoms with Crippen molar-refractivity contribution in [2.75, 3.05) is 5.88 Å². The van der Waals surface area contributed by atoms with Crippen LogP contribution in [0.2, 0.25) is 0 Å². The molecule has 0 fully saturated rings. The number of amidine groups is 1. The van der Waals surface area contributed by atoms with Gasteiger partial charge in [-0.05, 0) is 25.1 Å². The van der Waals surface area contributed by atoms with Crippen LogP contribution in [-0.2, 0) is 0 Å². The Balaban J connectivity index is 2.13. The Labute approximate surface area is 127 Å². The molecule has 21 heavy (non-hydrogen) atoms. The molecule has 6 heteroatoms. The van der Waals surface area contributed by atoms with Crippen molar-refractivity contribution in [3.8, 4) is 11.3 Å². The molecule has 0 unspecified atom stereocenters. The number of aromatic nitrogens is 3. The highest BCUT2D eigenvalue weighted by Gasteiger charge is 2.07. The number of hydrogen-bond acceptors (Lipinski definition) is 3. The molecule has 1 aromatic carbocycles. The topological polar surface area (TPSA) is 68.6 Å². The smallest absolute Gasteiger partial charge is 0.155 e. The molecular weight excluding hydrogens is 286 g/mol. The van der Waals surface area contributed by atoms with Crippen LogP contribution in [0.1, 0.15) is 5.69 Å². The number of fused-ring (bicyclic) bond motifs is 1. The van der Waals surface area contributed by atoms with Gasteiger partial charge in [0, 0.05) is 17.8 Å². The van der Waals surface area contributed by atoms with Crippen molar-refractivity contribution >= 4 is 28.8 Å². The first-order valence-electron chi connectivity index (χ1n) is 6.48. The molecule has 0 saturated carbocycles. The molecule has 2 heterocycles. The molecule has 0 bridgehead atoms. The summed E-state index contributed by atoms with van der Waals surface area (Å²) in [5.74, 6) is 0.603. The summed E-state index contributed by atoms with van der Waals surface area (Å²) in [5.41, 5.74) is 10.1. The van der Waals surface area contributed by atoms with Crippen LogP contribution in [0, 0.1) is 6.92 Å². The van der Waals surface area contributed by atoms with E-state index in [-0.39, 0.29) is 5.88 Å². The maximum atomic E-state index is 5.68. The molecule has 0 aliphatic carbocycles. The summed E-state index contributed by atoms with van der Waals surface area (Å²) in [6.45, 7) is 1.94. The maximum absolute atomic E-state index is 5.68. The van der Waals surface area contributed by atoms with E-state index in [1.54, 1.807) is 6.20 Å². The summed E-state index contributed by atoms with van der Waals surface area (Å²) in [6.07, 6.45) is 1.77. The van der Waals surface area contributed by atoms with Gasteiger partial charge in [0.2, 0.25) is 0 Å². The van der Waals surface area contributed by atoms with E-state index in [9.17, 15) is 0 Å². The number of rotatable bonds is 3. The number of halogens is 1. The largest absolute Gasteiger partial charge is 0.386 e. The first-order valence-corrected chi connectivity index (χ1v) is 7.01. The fraction of sp³-hybridized carbons (Fsp3) is 0.133. The summed E-state index contributed by atoms with van der Waals surface area (Å²) in [5, 5.41) is 4.47. The predicted octanol–water partition coefficient (Wildman–Crippen LogP) is 2.93. The highest BCUT2D eigenvalue weighted by Crippen LogP contribution is 2.24. The van der Waals surface area contributed by atoms with Gasteiger partial charge in [0.1, 0.15) is 5.84 Å². The molecule has 3 aromatic rings. The monoisotopic (exact) mass is 299 g/mol. The second-order valence-electron chi connectivity index (χ2n) is 4.67. The van der Waals surface area contributed by atoms with Crippen molar-refractivity contribution < 1.29 is 0 Å². The van der Waals surface area contributed by atoms with Gasteiger partial charge in [-0.25, -0.2) is 14.5 Å². The average molecular weight is 300 g/mol. The summed E-state index contributed by atoms with van der Waals surface area (Å²) in [4.78, 5) is 8.57. The van der Waals surface area contributed by atoms with Gasteiger partial charge in [-0.1, -0.05) is 12.1 Å². The number of hydrogen-bond donors (Lipinski definition) is 1. The summed E-state index contributed by atoms with van der Waals surface area (Å²) >= 11 is 5.66. The van der Waals surface area contributed by atoms with Gasteiger partial charge < -0.3 is 5.73 Å². The standard InChI is InChI=1S/C15H14ClN5/c1-10-7-15-18-6-5-13(21(15)20-10)11-3-2-4-12(8-11)19-14(17)9-16/h2-8H,9H2,1H3,(H2,17,19). The SMILES string of the molecule is Cc1cc2nccc(-c3cccc(N=C(N)CCl)c3)n2n1. The van der Waals surface area contributed by atoms with Crippen molar-refractivity contribution in [3.63, 3.8) is 0 Å². The van der Waals surface area contributed by atoms with Gasteiger partial charge in [-0.15, -0.1) is 11.6 Å². The molecule has 0 amide bonds. The minimum Gasteiger partial charge on any atom is -0.386 e. The normalized spacial score (nSPS) is 12.0. The van der Waals surface area contributed by atoms with E-state index in [1.165, 1.54) is 0 Å². The summed E-state index contributed by atoms with van der Waals surface area (Å²) < 4.78 is 1.82. The molecule has 0 aliphatic heterocycles. The van der Waals surface area contributed by atoms with E-state index in [2.05, 4.69) is 15.1 Å². The van der Waals surface area contributed by atoms with Gasteiger partial charge in [-0.2, -0.15) is 5.10 Å². The lowest BCUT2D eigenvalue weighted by Gasteiger charge is -2.05. The Morgan fingerprint density at radius 1 is 1.33 bits per heavy atom. The molecule has 0 atom stereocenters. The van der Waals surface area contributed by atoms with E-state index in [1.807, 2.05) is 47.8 Å². The van der Waals surface area contributed by atoms with Gasteiger partial charge in [0.15, 0.2) is 5.65 Å². The van der Waals surface area contributed by atoms with Crippen molar-refractivity contribution in [1.29, 1.82) is 0 Å². The first-order chi connectivity index (χ1) is 10.2. The minimum atomic E-state index is 0.210. The molecule has 5 nitrogen and oxygen atoms in total. The third-order valence-electron chi connectivity index (χ3n) is 3.03. The highest BCUT2D eigenvalue weighted by atomic mass is 35.5. The number of nitrogens with two attached hydrogens (primary N) is 1. The van der Waals surface area contributed by atoms with Crippen molar-refractivity contribution in [1.82, 2.24) is 14.6 Å². The predicted molar refractivity (Wildman–Crippen MR) is 85.2 cm³/mol. The molecule has 0 spiro atoms. The van der Waals surface area contributed by atoms with Crippen LogP contribution in [-0.4, -0.2) is 26.3 Å². The van der Waals surface area contributed by atoms with Crippen LogP contribution in [0.4, 0.5) is 5.69 Å². The quantitative estimate of drug-likeness (QED) is 0.459. The van der Waals surface area contributed by atoms with Crippen molar-refractivity contribution in [3.05, 3.63) is 48.3 Å². The molecule has 106 valence electrons. The number of nitrogens with zero attached hydrogens (tertiary/aromatic N) is 4. The van der Waals surface area contributed by atoms with Crippen LogP contribution in [0.5, 0.6) is 0 Å². The van der Waals surface area contributed by atoms with Crippen LogP contribution < -0.4 is 5.73 Å². The fourth-order valence-corrected chi connectivity index (χ4v) is 2.22. The fourth-order valence-electron chi connectivity index (χ4n) is 2.16. The van der Waals surface area contributed by atoms with Gasteiger partial charge in [-0.3, -0.25) is 0 Å². The zero-order valence-electron chi connectivity index (χ0n) is 11.5. The van der Waals surface area contributed by atoms with E-state index >= 15 is 0 Å². The molecule has 3 rings (SSSR count). The molecule has 2 N–H and O–H groups in total. The van der Waals surface area contributed by atoms with Gasteiger partial charge >= 0.3 is 0 Å². The Kier molecular flexibility index (Phi) is 3.58. The van der Waals surface area contributed by atoms with E-state index in [4.69, 9.17) is 17.3 Å².